The summed E-state index contributed by atoms with van der Waals surface area (Å²) in [5.41, 5.74) is 1.71. The van der Waals surface area contributed by atoms with Crippen LogP contribution in [0.4, 0.5) is 5.95 Å². The van der Waals surface area contributed by atoms with Gasteiger partial charge in [0.2, 0.25) is 11.9 Å². The Morgan fingerprint density at radius 1 is 1.50 bits per heavy atom. The molecule has 0 aliphatic heterocycles. The van der Waals surface area contributed by atoms with Gasteiger partial charge in [0.1, 0.15) is 0 Å². The molecule has 0 atom stereocenters. The number of hydrogen-bond donors (Lipinski definition) is 1. The minimum absolute atomic E-state index is 0.0116. The predicted octanol–water partition coefficient (Wildman–Crippen LogP) is 1.43. The van der Waals surface area contributed by atoms with Crippen LogP contribution >= 0.6 is 0 Å². The van der Waals surface area contributed by atoms with E-state index in [0.717, 1.165) is 11.4 Å². The zero-order valence-corrected chi connectivity index (χ0v) is 11.2. The second-order valence-corrected chi connectivity index (χ2v) is 4.30. The number of hydrogen-bond acceptors (Lipinski definition) is 4. The lowest BCUT2D eigenvalue weighted by atomic mass is 10.3. The van der Waals surface area contributed by atoms with Crippen molar-refractivity contribution < 1.29 is 4.79 Å². The molecule has 0 aliphatic carbocycles. The van der Waals surface area contributed by atoms with Crippen molar-refractivity contribution >= 4 is 11.9 Å². The summed E-state index contributed by atoms with van der Waals surface area (Å²) in [6.45, 7) is 5.93. The van der Waals surface area contributed by atoms with Crippen molar-refractivity contribution in [3.05, 3.63) is 30.1 Å². The van der Waals surface area contributed by atoms with Gasteiger partial charge in [-0.3, -0.25) is 4.79 Å². The van der Waals surface area contributed by atoms with E-state index >= 15 is 0 Å². The lowest BCUT2D eigenvalue weighted by Gasteiger charge is -2.12. The molecule has 0 fully saturated rings. The number of nitrogens with one attached hydrogen (secondary N) is 1. The lowest BCUT2D eigenvalue weighted by Crippen LogP contribution is -2.23. The second-order valence-electron chi connectivity index (χ2n) is 4.30. The molecule has 18 heavy (non-hydrogen) atoms. The SMILES string of the molecule is C=CCCC(=O)NCc1cc(C)nc(N(C)C)n1. The first-order valence-corrected chi connectivity index (χ1v) is 5.92. The number of carbonyl (C=O) groups is 1. The van der Waals surface area contributed by atoms with Gasteiger partial charge in [-0.25, -0.2) is 9.97 Å². The van der Waals surface area contributed by atoms with Gasteiger partial charge >= 0.3 is 0 Å². The van der Waals surface area contributed by atoms with Crippen LogP contribution in [0.2, 0.25) is 0 Å². The summed E-state index contributed by atoms with van der Waals surface area (Å²) in [6, 6.07) is 1.88. The number of rotatable bonds is 6. The number of amides is 1. The van der Waals surface area contributed by atoms with Crippen LogP contribution < -0.4 is 10.2 Å². The van der Waals surface area contributed by atoms with E-state index in [0.29, 0.717) is 25.3 Å². The van der Waals surface area contributed by atoms with Crippen LogP contribution in [0.3, 0.4) is 0 Å². The highest BCUT2D eigenvalue weighted by atomic mass is 16.1. The third-order valence-corrected chi connectivity index (χ3v) is 2.34. The molecular weight excluding hydrogens is 228 g/mol. The molecule has 0 saturated heterocycles. The maximum absolute atomic E-state index is 11.5. The van der Waals surface area contributed by atoms with Crippen molar-refractivity contribution in [2.24, 2.45) is 0 Å². The fourth-order valence-electron chi connectivity index (χ4n) is 1.42. The van der Waals surface area contributed by atoms with Crippen LogP contribution in [0.25, 0.3) is 0 Å². The van der Waals surface area contributed by atoms with Gasteiger partial charge in [-0.05, 0) is 19.4 Å². The summed E-state index contributed by atoms with van der Waals surface area (Å²) in [5.74, 6) is 0.669. The summed E-state index contributed by atoms with van der Waals surface area (Å²) in [7, 11) is 3.78. The molecule has 0 unspecified atom stereocenters. The first kappa shape index (κ1) is 14.2. The van der Waals surface area contributed by atoms with Gasteiger partial charge in [0.15, 0.2) is 0 Å². The van der Waals surface area contributed by atoms with E-state index in [1.54, 1.807) is 6.08 Å². The molecular formula is C13H20N4O. The molecule has 0 spiro atoms. The molecule has 1 amide bonds. The van der Waals surface area contributed by atoms with Crippen LogP contribution in [-0.4, -0.2) is 30.0 Å². The molecule has 1 rings (SSSR count). The number of aromatic nitrogens is 2. The molecule has 5 nitrogen and oxygen atoms in total. The summed E-state index contributed by atoms with van der Waals surface area (Å²) < 4.78 is 0. The minimum atomic E-state index is 0.0116. The van der Waals surface area contributed by atoms with E-state index in [1.807, 2.05) is 32.0 Å². The molecule has 0 aromatic carbocycles. The largest absolute Gasteiger partial charge is 0.350 e. The number of nitrogens with zero attached hydrogens (tertiary/aromatic N) is 3. The van der Waals surface area contributed by atoms with Crippen LogP contribution in [0.15, 0.2) is 18.7 Å². The monoisotopic (exact) mass is 248 g/mol. The maximum Gasteiger partial charge on any atom is 0.225 e. The Morgan fingerprint density at radius 3 is 2.83 bits per heavy atom. The molecule has 5 heteroatoms. The molecule has 0 saturated carbocycles. The standard InChI is InChI=1S/C13H20N4O/c1-5-6-7-12(18)14-9-11-8-10(2)15-13(16-11)17(3)4/h5,8H,1,6-7,9H2,2-4H3,(H,14,18). The highest BCUT2D eigenvalue weighted by Crippen LogP contribution is 2.07. The fraction of sp³-hybridized carbons (Fsp3) is 0.462. The number of carbonyl (C=O) groups excluding carboxylic acids is 1. The van der Waals surface area contributed by atoms with Crippen molar-refractivity contribution in [2.45, 2.75) is 26.3 Å². The van der Waals surface area contributed by atoms with E-state index in [1.165, 1.54) is 0 Å². The van der Waals surface area contributed by atoms with Crippen molar-refractivity contribution in [2.75, 3.05) is 19.0 Å². The van der Waals surface area contributed by atoms with Gasteiger partial charge in [0.05, 0.1) is 12.2 Å². The molecule has 0 radical (unpaired) electrons. The van der Waals surface area contributed by atoms with Crippen LogP contribution in [-0.2, 0) is 11.3 Å². The van der Waals surface area contributed by atoms with Crippen molar-refractivity contribution in [1.82, 2.24) is 15.3 Å². The Kier molecular flexibility index (Phi) is 5.30. The predicted molar refractivity (Wildman–Crippen MR) is 72.4 cm³/mol. The van der Waals surface area contributed by atoms with Gasteiger partial charge < -0.3 is 10.2 Å². The van der Waals surface area contributed by atoms with E-state index in [2.05, 4.69) is 21.9 Å². The Bertz CT molecular complexity index is 429. The zero-order valence-electron chi connectivity index (χ0n) is 11.2. The quantitative estimate of drug-likeness (QED) is 0.774. The van der Waals surface area contributed by atoms with Gasteiger partial charge in [-0.15, -0.1) is 6.58 Å². The Labute approximate surface area is 108 Å². The molecule has 1 aromatic heterocycles. The van der Waals surface area contributed by atoms with Crippen molar-refractivity contribution in [3.8, 4) is 0 Å². The Morgan fingerprint density at radius 2 is 2.22 bits per heavy atom. The molecule has 1 aromatic rings. The summed E-state index contributed by atoms with van der Waals surface area (Å²) in [5, 5.41) is 2.83. The summed E-state index contributed by atoms with van der Waals surface area (Å²) in [6.07, 6.45) is 2.89. The van der Waals surface area contributed by atoms with Crippen LogP contribution in [0.5, 0.6) is 0 Å². The van der Waals surface area contributed by atoms with Gasteiger partial charge in [-0.1, -0.05) is 6.08 Å². The average molecular weight is 248 g/mol. The van der Waals surface area contributed by atoms with Crippen molar-refractivity contribution in [3.63, 3.8) is 0 Å². The summed E-state index contributed by atoms with van der Waals surface area (Å²) >= 11 is 0. The third-order valence-electron chi connectivity index (χ3n) is 2.34. The molecule has 98 valence electrons. The average Bonchev–Trinajstić information content (AvgIpc) is 2.33. The normalized spacial score (nSPS) is 9.94. The molecule has 0 aliphatic rings. The number of anilines is 1. The number of allylic oxidation sites excluding steroid dienone is 1. The summed E-state index contributed by atoms with van der Waals surface area (Å²) in [4.78, 5) is 22.0. The molecule has 1 N–H and O–H groups in total. The lowest BCUT2D eigenvalue weighted by molar-refractivity contribution is -0.121. The van der Waals surface area contributed by atoms with Crippen LogP contribution in [0.1, 0.15) is 24.2 Å². The molecule has 1 heterocycles. The minimum Gasteiger partial charge on any atom is -0.350 e. The van der Waals surface area contributed by atoms with Gasteiger partial charge in [0.25, 0.3) is 0 Å². The van der Waals surface area contributed by atoms with Crippen molar-refractivity contribution in [1.29, 1.82) is 0 Å². The van der Waals surface area contributed by atoms with E-state index < -0.39 is 0 Å². The topological polar surface area (TPSA) is 58.1 Å². The number of aryl methyl sites for hydroxylation is 1. The zero-order chi connectivity index (χ0) is 13.5. The van der Waals surface area contributed by atoms with Crippen LogP contribution in [0, 0.1) is 6.92 Å². The van der Waals surface area contributed by atoms with E-state index in [9.17, 15) is 4.79 Å². The smallest absolute Gasteiger partial charge is 0.225 e. The highest BCUT2D eigenvalue weighted by molar-refractivity contribution is 5.75. The first-order chi connectivity index (χ1) is 8.52. The Balaban J connectivity index is 2.61. The maximum atomic E-state index is 11.5. The fourth-order valence-corrected chi connectivity index (χ4v) is 1.42. The van der Waals surface area contributed by atoms with Gasteiger partial charge in [0, 0.05) is 26.2 Å². The molecule has 0 bridgehead atoms. The second kappa shape index (κ2) is 6.74. The Hall–Kier alpha value is -1.91. The third kappa shape index (κ3) is 4.53. The first-order valence-electron chi connectivity index (χ1n) is 5.92. The van der Waals surface area contributed by atoms with E-state index in [-0.39, 0.29) is 5.91 Å². The highest BCUT2D eigenvalue weighted by Gasteiger charge is 2.05. The van der Waals surface area contributed by atoms with Gasteiger partial charge in [-0.2, -0.15) is 0 Å². The van der Waals surface area contributed by atoms with E-state index in [4.69, 9.17) is 0 Å².